The van der Waals surface area contributed by atoms with Crippen molar-refractivity contribution in [1.82, 2.24) is 5.32 Å². The van der Waals surface area contributed by atoms with Gasteiger partial charge in [0.1, 0.15) is 17.7 Å². The zero-order valence-electron chi connectivity index (χ0n) is 18.2. The number of morpholine rings is 1. The van der Waals surface area contributed by atoms with Gasteiger partial charge in [-0.25, -0.2) is 13.6 Å². The van der Waals surface area contributed by atoms with Crippen LogP contribution in [0.3, 0.4) is 0 Å². The summed E-state index contributed by atoms with van der Waals surface area (Å²) >= 11 is 0. The Balaban J connectivity index is 1.33. The molecule has 0 bridgehead atoms. The monoisotopic (exact) mass is 475 g/mol. The highest BCUT2D eigenvalue weighted by Crippen LogP contribution is 2.28. The first-order chi connectivity index (χ1) is 16.3. The van der Waals surface area contributed by atoms with Gasteiger partial charge in [0.15, 0.2) is 0 Å². The number of rotatable bonds is 7. The van der Waals surface area contributed by atoms with Crippen LogP contribution < -0.4 is 20.6 Å². The third-order valence-corrected chi connectivity index (χ3v) is 5.71. The summed E-state index contributed by atoms with van der Waals surface area (Å²) in [5, 5.41) is 21.0. The van der Waals surface area contributed by atoms with Crippen molar-refractivity contribution in [1.29, 1.82) is 0 Å². The van der Waals surface area contributed by atoms with E-state index >= 15 is 0 Å². The van der Waals surface area contributed by atoms with Crippen LogP contribution in [0.1, 0.15) is 5.56 Å². The average Bonchev–Trinajstić information content (AvgIpc) is 3.20. The van der Waals surface area contributed by atoms with Crippen molar-refractivity contribution >= 4 is 36.0 Å². The lowest BCUT2D eigenvalue weighted by atomic mass is 9.79. The number of hydrogen-bond acceptors (Lipinski definition) is 7. The molecule has 2 saturated heterocycles. The molecule has 2 aliphatic heterocycles. The molecule has 3 N–H and O–H groups in total. The molecule has 2 fully saturated rings. The third-order valence-electron chi connectivity index (χ3n) is 5.71. The summed E-state index contributed by atoms with van der Waals surface area (Å²) in [4.78, 5) is 27.7. The van der Waals surface area contributed by atoms with Gasteiger partial charge in [-0.2, -0.15) is 0 Å². The SMILES string of the molecule is O=C(Cc1cc(B(O)O)ccc1F)NC[C@H]1CN(c2ccc(N3CCOCC3)c(F)c2)C(=O)O1. The van der Waals surface area contributed by atoms with Gasteiger partial charge in [0, 0.05) is 13.1 Å². The number of carbonyl (C=O) groups excluding carboxylic acids is 2. The van der Waals surface area contributed by atoms with Crippen molar-refractivity contribution in [2.45, 2.75) is 12.5 Å². The zero-order chi connectivity index (χ0) is 24.2. The van der Waals surface area contributed by atoms with E-state index in [1.807, 2.05) is 4.90 Å². The van der Waals surface area contributed by atoms with Crippen molar-refractivity contribution in [3.8, 4) is 0 Å². The Hall–Kier alpha value is -3.22. The van der Waals surface area contributed by atoms with Gasteiger partial charge in [-0.3, -0.25) is 9.69 Å². The molecule has 0 saturated carbocycles. The molecule has 0 aromatic heterocycles. The van der Waals surface area contributed by atoms with Gasteiger partial charge in [-0.1, -0.05) is 12.1 Å². The highest BCUT2D eigenvalue weighted by molar-refractivity contribution is 6.58. The van der Waals surface area contributed by atoms with Crippen LogP contribution in [-0.4, -0.2) is 74.7 Å². The highest BCUT2D eigenvalue weighted by atomic mass is 19.1. The summed E-state index contributed by atoms with van der Waals surface area (Å²) in [6.45, 7) is 2.30. The molecule has 2 heterocycles. The van der Waals surface area contributed by atoms with E-state index in [1.54, 1.807) is 12.1 Å². The summed E-state index contributed by atoms with van der Waals surface area (Å²) in [5.41, 5.74) is 0.851. The molecule has 2 aromatic rings. The van der Waals surface area contributed by atoms with Gasteiger partial charge in [0.2, 0.25) is 5.91 Å². The Bertz CT molecular complexity index is 1070. The predicted molar refractivity (Wildman–Crippen MR) is 120 cm³/mol. The van der Waals surface area contributed by atoms with Gasteiger partial charge in [-0.05, 0) is 35.3 Å². The number of benzene rings is 2. The van der Waals surface area contributed by atoms with Crippen LogP contribution in [0.25, 0.3) is 0 Å². The maximum Gasteiger partial charge on any atom is 0.488 e. The molecule has 0 radical (unpaired) electrons. The van der Waals surface area contributed by atoms with Gasteiger partial charge in [0.25, 0.3) is 0 Å². The summed E-state index contributed by atoms with van der Waals surface area (Å²) in [6.07, 6.45) is -1.66. The number of nitrogens with zero attached hydrogens (tertiary/aromatic N) is 2. The third kappa shape index (κ3) is 5.46. The molecular weight excluding hydrogens is 451 g/mol. The van der Waals surface area contributed by atoms with Crippen molar-refractivity contribution in [3.05, 3.63) is 53.6 Å². The maximum atomic E-state index is 14.7. The molecule has 0 aliphatic carbocycles. The second kappa shape index (κ2) is 10.4. The van der Waals surface area contributed by atoms with E-state index in [9.17, 15) is 28.4 Å². The zero-order valence-corrected chi connectivity index (χ0v) is 18.2. The van der Waals surface area contributed by atoms with E-state index in [0.717, 1.165) is 6.07 Å². The summed E-state index contributed by atoms with van der Waals surface area (Å²) < 4.78 is 39.2. The molecule has 12 heteroatoms. The van der Waals surface area contributed by atoms with Crippen LogP contribution in [0.15, 0.2) is 36.4 Å². The standard InChI is InChI=1S/C22H24BF2N3O6/c24-18-3-1-15(23(31)32)9-14(18)10-21(29)26-12-17-13-28(22(30)34-17)16-2-4-20(19(25)11-16)27-5-7-33-8-6-27/h1-4,9,11,17,31-32H,5-8,10,12-13H2,(H,26,29)/t17-/m0/s1. The summed E-state index contributed by atoms with van der Waals surface area (Å²) in [6, 6.07) is 8.00. The molecule has 2 aromatic carbocycles. The number of amides is 2. The van der Waals surface area contributed by atoms with Gasteiger partial charge >= 0.3 is 13.2 Å². The van der Waals surface area contributed by atoms with Gasteiger partial charge in [-0.15, -0.1) is 0 Å². The molecule has 2 amide bonds. The predicted octanol–water partition coefficient (Wildman–Crippen LogP) is 0.165. The second-order valence-corrected chi connectivity index (χ2v) is 8.06. The lowest BCUT2D eigenvalue weighted by Crippen LogP contribution is -2.37. The number of halogens is 2. The van der Waals surface area contributed by atoms with E-state index in [2.05, 4.69) is 5.32 Å². The summed E-state index contributed by atoms with van der Waals surface area (Å²) in [7, 11) is -1.78. The quantitative estimate of drug-likeness (QED) is 0.490. The van der Waals surface area contributed by atoms with Crippen molar-refractivity contribution in [2.75, 3.05) is 49.2 Å². The topological polar surface area (TPSA) is 112 Å². The molecule has 1 atom stereocenters. The Kier molecular flexibility index (Phi) is 7.30. The molecular formula is C22H24BF2N3O6. The average molecular weight is 475 g/mol. The van der Waals surface area contributed by atoms with Crippen LogP contribution in [0.2, 0.25) is 0 Å². The van der Waals surface area contributed by atoms with Crippen LogP contribution in [0, 0.1) is 11.6 Å². The molecule has 34 heavy (non-hydrogen) atoms. The van der Waals surface area contributed by atoms with E-state index < -0.39 is 36.9 Å². The van der Waals surface area contributed by atoms with Crippen molar-refractivity contribution in [2.24, 2.45) is 0 Å². The molecule has 9 nitrogen and oxygen atoms in total. The normalized spacial score (nSPS) is 18.1. The molecule has 0 spiro atoms. The molecule has 2 aliphatic rings. The van der Waals surface area contributed by atoms with Crippen LogP contribution in [0.4, 0.5) is 25.0 Å². The van der Waals surface area contributed by atoms with E-state index in [1.165, 1.54) is 23.1 Å². The Morgan fingerprint density at radius 3 is 2.59 bits per heavy atom. The minimum atomic E-state index is -1.78. The molecule has 0 unspecified atom stereocenters. The number of hydrogen-bond donors (Lipinski definition) is 3. The van der Waals surface area contributed by atoms with Crippen molar-refractivity contribution in [3.63, 3.8) is 0 Å². The largest absolute Gasteiger partial charge is 0.488 e. The fraction of sp³-hybridized carbons (Fsp3) is 0.364. The number of anilines is 2. The Morgan fingerprint density at radius 1 is 1.12 bits per heavy atom. The van der Waals surface area contributed by atoms with Crippen LogP contribution >= 0.6 is 0 Å². The highest BCUT2D eigenvalue weighted by Gasteiger charge is 2.33. The van der Waals surface area contributed by atoms with E-state index in [-0.39, 0.29) is 30.5 Å². The van der Waals surface area contributed by atoms with E-state index in [4.69, 9.17) is 9.47 Å². The fourth-order valence-corrected chi connectivity index (χ4v) is 3.92. The van der Waals surface area contributed by atoms with Gasteiger partial charge in [0.05, 0.1) is 44.1 Å². The molecule has 4 rings (SSSR count). The lowest BCUT2D eigenvalue weighted by Gasteiger charge is -2.29. The number of cyclic esters (lactones) is 1. The fourth-order valence-electron chi connectivity index (χ4n) is 3.92. The van der Waals surface area contributed by atoms with Crippen LogP contribution in [-0.2, 0) is 20.7 Å². The van der Waals surface area contributed by atoms with Crippen molar-refractivity contribution < 1.29 is 37.9 Å². The number of carbonyl (C=O) groups is 2. The maximum absolute atomic E-state index is 14.7. The Morgan fingerprint density at radius 2 is 1.88 bits per heavy atom. The minimum absolute atomic E-state index is 0.00368. The van der Waals surface area contributed by atoms with E-state index in [0.29, 0.717) is 37.7 Å². The lowest BCUT2D eigenvalue weighted by molar-refractivity contribution is -0.120. The smallest absolute Gasteiger partial charge is 0.442 e. The number of ether oxygens (including phenoxy) is 2. The van der Waals surface area contributed by atoms with Gasteiger partial charge < -0.3 is 29.7 Å². The minimum Gasteiger partial charge on any atom is -0.442 e. The first kappa shape index (κ1) is 23.9. The first-order valence-electron chi connectivity index (χ1n) is 10.8. The second-order valence-electron chi connectivity index (χ2n) is 8.06. The van der Waals surface area contributed by atoms with Crippen LogP contribution in [0.5, 0.6) is 0 Å². The summed E-state index contributed by atoms with van der Waals surface area (Å²) in [5.74, 6) is -1.64. The molecule has 180 valence electrons. The first-order valence-corrected chi connectivity index (χ1v) is 10.8. The Labute approximate surface area is 195 Å². The number of nitrogens with one attached hydrogen (secondary N) is 1.